The maximum Gasteiger partial charge on any atom is 0.342 e. The van der Waals surface area contributed by atoms with E-state index < -0.39 is 5.97 Å². The second-order valence-electron chi connectivity index (χ2n) is 5.72. The molecular formula is C20H19NO4. The number of carbonyl (C=O) groups excluding carboxylic acids is 1. The van der Waals surface area contributed by atoms with Gasteiger partial charge >= 0.3 is 5.97 Å². The van der Waals surface area contributed by atoms with Crippen molar-refractivity contribution < 1.29 is 14.3 Å². The van der Waals surface area contributed by atoms with Crippen molar-refractivity contribution in [1.29, 1.82) is 0 Å². The van der Waals surface area contributed by atoms with Crippen molar-refractivity contribution in [3.8, 4) is 5.75 Å². The van der Waals surface area contributed by atoms with Gasteiger partial charge in [-0.3, -0.25) is 4.79 Å². The number of pyridine rings is 1. The molecule has 1 N–H and O–H groups in total. The van der Waals surface area contributed by atoms with Gasteiger partial charge in [-0.2, -0.15) is 0 Å². The Labute approximate surface area is 145 Å². The fraction of sp³-hybridized carbons (Fsp3) is 0.200. The number of para-hydroxylation sites is 1. The first-order valence-corrected chi connectivity index (χ1v) is 8.10. The van der Waals surface area contributed by atoms with E-state index in [2.05, 4.69) is 4.98 Å². The molecule has 3 aromatic rings. The van der Waals surface area contributed by atoms with Gasteiger partial charge in [-0.1, -0.05) is 23.8 Å². The van der Waals surface area contributed by atoms with Gasteiger partial charge in [0.1, 0.15) is 17.9 Å². The zero-order chi connectivity index (χ0) is 17.8. The molecule has 0 radical (unpaired) electrons. The lowest BCUT2D eigenvalue weighted by atomic mass is 10.1. The zero-order valence-electron chi connectivity index (χ0n) is 14.2. The van der Waals surface area contributed by atoms with Crippen LogP contribution in [0.25, 0.3) is 10.9 Å². The van der Waals surface area contributed by atoms with Crippen LogP contribution in [0.4, 0.5) is 0 Å². The lowest BCUT2D eigenvalue weighted by Gasteiger charge is -2.10. The summed E-state index contributed by atoms with van der Waals surface area (Å²) in [5, 5.41) is 0.903. The minimum absolute atomic E-state index is 0.0987. The summed E-state index contributed by atoms with van der Waals surface area (Å²) in [5.74, 6) is -0.0502. The highest BCUT2D eigenvalue weighted by molar-refractivity contribution is 5.92. The Morgan fingerprint density at radius 2 is 1.92 bits per heavy atom. The first kappa shape index (κ1) is 16.8. The Morgan fingerprint density at radius 3 is 2.72 bits per heavy atom. The third-order valence-corrected chi connectivity index (χ3v) is 3.84. The molecule has 0 fully saturated rings. The standard InChI is InChI=1S/C20H19NO4/c1-3-24-18-7-5-4-6-16(18)20(23)25-12-15-11-14-10-13(2)8-9-17(14)21-19(15)22/h4-11H,3,12H2,1-2H3,(H,21,22). The first-order chi connectivity index (χ1) is 12.1. The van der Waals surface area contributed by atoms with E-state index in [4.69, 9.17) is 9.47 Å². The largest absolute Gasteiger partial charge is 0.493 e. The molecule has 0 saturated heterocycles. The van der Waals surface area contributed by atoms with Gasteiger partial charge in [-0.25, -0.2) is 4.79 Å². The van der Waals surface area contributed by atoms with Crippen LogP contribution in [0.15, 0.2) is 53.3 Å². The monoisotopic (exact) mass is 337 g/mol. The van der Waals surface area contributed by atoms with Crippen LogP contribution in [-0.2, 0) is 11.3 Å². The fourth-order valence-corrected chi connectivity index (χ4v) is 2.62. The van der Waals surface area contributed by atoms with Crippen molar-refractivity contribution in [3.63, 3.8) is 0 Å². The Kier molecular flexibility index (Phi) is 4.84. The van der Waals surface area contributed by atoms with Crippen molar-refractivity contribution in [2.45, 2.75) is 20.5 Å². The van der Waals surface area contributed by atoms with E-state index in [1.165, 1.54) is 0 Å². The molecule has 0 bridgehead atoms. The number of esters is 1. The molecule has 1 aromatic heterocycles. The number of H-pyrrole nitrogens is 1. The molecule has 5 heteroatoms. The predicted molar refractivity (Wildman–Crippen MR) is 96.0 cm³/mol. The summed E-state index contributed by atoms with van der Waals surface area (Å²) < 4.78 is 10.8. The number of nitrogens with one attached hydrogen (secondary N) is 1. The Morgan fingerprint density at radius 1 is 1.12 bits per heavy atom. The van der Waals surface area contributed by atoms with Gasteiger partial charge in [-0.15, -0.1) is 0 Å². The van der Waals surface area contributed by atoms with Gasteiger partial charge in [0.15, 0.2) is 0 Å². The van der Waals surface area contributed by atoms with Crippen LogP contribution in [0.2, 0.25) is 0 Å². The quantitative estimate of drug-likeness (QED) is 0.722. The molecule has 5 nitrogen and oxygen atoms in total. The van der Waals surface area contributed by atoms with Gasteiger partial charge in [0, 0.05) is 5.52 Å². The highest BCUT2D eigenvalue weighted by Crippen LogP contribution is 2.20. The summed E-state index contributed by atoms with van der Waals surface area (Å²) in [6, 6.07) is 14.4. The summed E-state index contributed by atoms with van der Waals surface area (Å²) in [7, 11) is 0. The molecule has 2 aromatic carbocycles. The SMILES string of the molecule is CCOc1ccccc1C(=O)OCc1cc2cc(C)ccc2[nH]c1=O. The molecule has 128 valence electrons. The molecule has 0 saturated carbocycles. The third-order valence-electron chi connectivity index (χ3n) is 3.84. The van der Waals surface area contributed by atoms with Gasteiger partial charge < -0.3 is 14.5 Å². The normalized spacial score (nSPS) is 10.6. The summed E-state index contributed by atoms with van der Waals surface area (Å²) in [6.07, 6.45) is 0. The van der Waals surface area contributed by atoms with Crippen LogP contribution in [0.5, 0.6) is 5.75 Å². The topological polar surface area (TPSA) is 68.4 Å². The minimum atomic E-state index is -0.521. The van der Waals surface area contributed by atoms with Crippen molar-refractivity contribution in [2.75, 3.05) is 6.61 Å². The molecule has 1 heterocycles. The molecular weight excluding hydrogens is 318 g/mol. The van der Waals surface area contributed by atoms with Crippen molar-refractivity contribution in [3.05, 3.63) is 75.6 Å². The van der Waals surface area contributed by atoms with E-state index in [1.807, 2.05) is 32.0 Å². The van der Waals surface area contributed by atoms with E-state index in [0.717, 1.165) is 16.5 Å². The number of hydrogen-bond donors (Lipinski definition) is 1. The second-order valence-corrected chi connectivity index (χ2v) is 5.72. The number of aryl methyl sites for hydroxylation is 1. The third kappa shape index (κ3) is 3.71. The molecule has 0 aliphatic rings. The molecule has 0 aliphatic heterocycles. The number of aromatic nitrogens is 1. The van der Waals surface area contributed by atoms with Crippen molar-refractivity contribution in [1.82, 2.24) is 4.98 Å². The van der Waals surface area contributed by atoms with Crippen LogP contribution >= 0.6 is 0 Å². The fourth-order valence-electron chi connectivity index (χ4n) is 2.62. The molecule has 0 amide bonds. The number of fused-ring (bicyclic) bond motifs is 1. The highest BCUT2D eigenvalue weighted by Gasteiger charge is 2.14. The zero-order valence-corrected chi connectivity index (χ0v) is 14.2. The smallest absolute Gasteiger partial charge is 0.342 e. The van der Waals surface area contributed by atoms with Crippen LogP contribution < -0.4 is 10.3 Å². The van der Waals surface area contributed by atoms with Crippen molar-refractivity contribution in [2.24, 2.45) is 0 Å². The number of hydrogen-bond acceptors (Lipinski definition) is 4. The number of rotatable bonds is 5. The van der Waals surface area contributed by atoms with Crippen LogP contribution in [0.3, 0.4) is 0 Å². The van der Waals surface area contributed by atoms with Crippen LogP contribution in [0.1, 0.15) is 28.4 Å². The number of benzene rings is 2. The summed E-state index contributed by atoms with van der Waals surface area (Å²) in [5.41, 5.74) is 2.33. The van der Waals surface area contributed by atoms with E-state index in [-0.39, 0.29) is 12.2 Å². The van der Waals surface area contributed by atoms with E-state index in [9.17, 15) is 9.59 Å². The summed E-state index contributed by atoms with van der Waals surface area (Å²) in [4.78, 5) is 27.3. The molecule has 3 rings (SSSR count). The molecule has 0 spiro atoms. The van der Waals surface area contributed by atoms with Gasteiger partial charge in [-0.05, 0) is 49.6 Å². The molecule has 0 unspecified atom stereocenters. The van der Waals surface area contributed by atoms with Crippen LogP contribution in [-0.4, -0.2) is 17.6 Å². The molecule has 25 heavy (non-hydrogen) atoms. The molecule has 0 atom stereocenters. The Balaban J connectivity index is 1.82. The maximum absolute atomic E-state index is 12.3. The number of aromatic amines is 1. The van der Waals surface area contributed by atoms with Crippen molar-refractivity contribution >= 4 is 16.9 Å². The van der Waals surface area contributed by atoms with E-state index in [0.29, 0.717) is 23.5 Å². The lowest BCUT2D eigenvalue weighted by Crippen LogP contribution is -2.16. The van der Waals surface area contributed by atoms with Gasteiger partial charge in [0.25, 0.3) is 5.56 Å². The highest BCUT2D eigenvalue weighted by atomic mass is 16.5. The van der Waals surface area contributed by atoms with E-state index >= 15 is 0 Å². The van der Waals surface area contributed by atoms with Gasteiger partial charge in [0.05, 0.1) is 12.2 Å². The minimum Gasteiger partial charge on any atom is -0.493 e. The average molecular weight is 337 g/mol. The molecule has 0 aliphatic carbocycles. The lowest BCUT2D eigenvalue weighted by molar-refractivity contribution is 0.0467. The summed E-state index contributed by atoms with van der Waals surface area (Å²) in [6.45, 7) is 4.18. The Bertz CT molecular complexity index is 975. The number of ether oxygens (including phenoxy) is 2. The average Bonchev–Trinajstić information content (AvgIpc) is 2.61. The number of carbonyl (C=O) groups is 1. The summed E-state index contributed by atoms with van der Waals surface area (Å²) >= 11 is 0. The predicted octanol–water partition coefficient (Wildman–Crippen LogP) is 3.59. The second kappa shape index (κ2) is 7.21. The van der Waals surface area contributed by atoms with Crippen LogP contribution in [0, 0.1) is 6.92 Å². The van der Waals surface area contributed by atoms with E-state index in [1.54, 1.807) is 30.3 Å². The first-order valence-electron chi connectivity index (χ1n) is 8.10. The Hall–Kier alpha value is -3.08. The van der Waals surface area contributed by atoms with Gasteiger partial charge in [0.2, 0.25) is 0 Å². The maximum atomic E-state index is 12.3.